The number of aromatic nitrogens is 2. The molecule has 2 nitrogen and oxygen atoms in total. The molecule has 1 rings (SSSR count). The van der Waals surface area contributed by atoms with Gasteiger partial charge in [-0.2, -0.15) is 0 Å². The van der Waals surface area contributed by atoms with Crippen molar-refractivity contribution >= 4 is 11.6 Å². The Hall–Kier alpha value is -0.500. The van der Waals surface area contributed by atoms with Crippen molar-refractivity contribution in [3.63, 3.8) is 0 Å². The zero-order chi connectivity index (χ0) is 7.40. The van der Waals surface area contributed by atoms with E-state index in [2.05, 4.69) is 9.55 Å². The van der Waals surface area contributed by atoms with E-state index in [1.54, 1.807) is 0 Å². The number of halogens is 1. The molecule has 0 N–H and O–H groups in total. The van der Waals surface area contributed by atoms with Gasteiger partial charge in [0.1, 0.15) is 5.82 Å². The highest BCUT2D eigenvalue weighted by molar-refractivity contribution is 6.17. The molecule has 0 aliphatic carbocycles. The predicted molar refractivity (Wildman–Crippen MR) is 42.3 cm³/mol. The van der Waals surface area contributed by atoms with Crippen molar-refractivity contribution in [3.05, 3.63) is 18.2 Å². The van der Waals surface area contributed by atoms with Crippen molar-refractivity contribution in [1.82, 2.24) is 9.55 Å². The third kappa shape index (κ3) is 1.74. The summed E-state index contributed by atoms with van der Waals surface area (Å²) in [6.07, 6.45) is 4.80. The molecule has 0 atom stereocenters. The summed E-state index contributed by atoms with van der Waals surface area (Å²) in [4.78, 5) is 4.09. The maximum Gasteiger partial charge on any atom is 0.105 e. The van der Waals surface area contributed by atoms with Gasteiger partial charge in [-0.15, -0.1) is 11.6 Å². The first-order chi connectivity index (χ1) is 4.84. The second-order valence-corrected chi connectivity index (χ2v) is 2.59. The molecule has 0 aliphatic heterocycles. The zero-order valence-corrected chi connectivity index (χ0v) is 6.80. The molecular formula is C7H11ClN2. The Morgan fingerprint density at radius 3 is 3.00 bits per heavy atom. The summed E-state index contributed by atoms with van der Waals surface area (Å²) in [5.74, 6) is 1.78. The monoisotopic (exact) mass is 158 g/mol. The van der Waals surface area contributed by atoms with Crippen molar-refractivity contribution < 1.29 is 0 Å². The van der Waals surface area contributed by atoms with Crippen molar-refractivity contribution in [3.8, 4) is 0 Å². The molecule has 0 saturated carbocycles. The van der Waals surface area contributed by atoms with E-state index in [0.29, 0.717) is 0 Å². The van der Waals surface area contributed by atoms with Crippen LogP contribution in [0.1, 0.15) is 12.2 Å². The van der Waals surface area contributed by atoms with Gasteiger partial charge in [0.05, 0.1) is 0 Å². The molecule has 3 heteroatoms. The molecule has 0 bridgehead atoms. The number of hydrogen-bond acceptors (Lipinski definition) is 1. The first-order valence-electron chi connectivity index (χ1n) is 3.38. The smallest absolute Gasteiger partial charge is 0.105 e. The molecule has 1 aromatic heterocycles. The highest BCUT2D eigenvalue weighted by Gasteiger charge is 1.93. The highest BCUT2D eigenvalue weighted by Crippen LogP contribution is 1.97. The van der Waals surface area contributed by atoms with Crippen LogP contribution in [0.5, 0.6) is 0 Å². The van der Waals surface area contributed by atoms with Gasteiger partial charge in [0.15, 0.2) is 0 Å². The topological polar surface area (TPSA) is 17.8 Å². The molecular weight excluding hydrogens is 148 g/mol. The van der Waals surface area contributed by atoms with E-state index in [1.807, 2.05) is 19.3 Å². The molecule has 0 amide bonds. The van der Waals surface area contributed by atoms with Crippen LogP contribution in [-0.2, 0) is 6.54 Å². The van der Waals surface area contributed by atoms with Gasteiger partial charge < -0.3 is 4.57 Å². The average Bonchev–Trinajstić information content (AvgIpc) is 2.31. The van der Waals surface area contributed by atoms with E-state index >= 15 is 0 Å². The third-order valence-corrected chi connectivity index (χ3v) is 1.72. The molecule has 0 aliphatic rings. The van der Waals surface area contributed by atoms with Crippen LogP contribution in [0, 0.1) is 6.92 Å². The fourth-order valence-electron chi connectivity index (χ4n) is 0.870. The number of rotatable bonds is 3. The van der Waals surface area contributed by atoms with Gasteiger partial charge in [-0.3, -0.25) is 0 Å². The summed E-state index contributed by atoms with van der Waals surface area (Å²) in [6.45, 7) is 2.98. The van der Waals surface area contributed by atoms with Crippen LogP contribution in [0.2, 0.25) is 0 Å². The van der Waals surface area contributed by atoms with Crippen LogP contribution in [0.25, 0.3) is 0 Å². The maximum atomic E-state index is 5.54. The highest BCUT2D eigenvalue weighted by atomic mass is 35.5. The molecule has 0 saturated heterocycles. The Kier molecular flexibility index (Phi) is 2.75. The van der Waals surface area contributed by atoms with Crippen molar-refractivity contribution in [1.29, 1.82) is 0 Å². The van der Waals surface area contributed by atoms with Gasteiger partial charge in [-0.1, -0.05) is 0 Å². The number of alkyl halides is 1. The quantitative estimate of drug-likeness (QED) is 0.614. The van der Waals surface area contributed by atoms with Gasteiger partial charge >= 0.3 is 0 Å². The van der Waals surface area contributed by atoms with E-state index in [-0.39, 0.29) is 0 Å². The van der Waals surface area contributed by atoms with Gasteiger partial charge in [0.25, 0.3) is 0 Å². The molecule has 0 radical (unpaired) electrons. The summed E-state index contributed by atoms with van der Waals surface area (Å²) in [7, 11) is 0. The Labute approximate surface area is 65.8 Å². The number of aryl methyl sites for hydroxylation is 2. The summed E-state index contributed by atoms with van der Waals surface area (Å²) < 4.78 is 2.10. The predicted octanol–water partition coefficient (Wildman–Crippen LogP) is 1.82. The largest absolute Gasteiger partial charge is 0.335 e. The lowest BCUT2D eigenvalue weighted by atomic mass is 10.4. The van der Waals surface area contributed by atoms with Crippen LogP contribution in [0.3, 0.4) is 0 Å². The van der Waals surface area contributed by atoms with E-state index in [9.17, 15) is 0 Å². The lowest BCUT2D eigenvalue weighted by Gasteiger charge is -2.00. The fraction of sp³-hybridized carbons (Fsp3) is 0.571. The first-order valence-corrected chi connectivity index (χ1v) is 3.91. The van der Waals surface area contributed by atoms with Crippen molar-refractivity contribution in [2.45, 2.75) is 19.9 Å². The van der Waals surface area contributed by atoms with Gasteiger partial charge in [0.2, 0.25) is 0 Å². The minimum Gasteiger partial charge on any atom is -0.335 e. The Morgan fingerprint density at radius 1 is 1.70 bits per heavy atom. The lowest BCUT2D eigenvalue weighted by Crippen LogP contribution is -1.99. The van der Waals surface area contributed by atoms with Crippen LogP contribution in [0.15, 0.2) is 12.4 Å². The summed E-state index contributed by atoms with van der Waals surface area (Å²) in [5.41, 5.74) is 0. The second-order valence-electron chi connectivity index (χ2n) is 2.21. The van der Waals surface area contributed by atoms with Crippen LogP contribution >= 0.6 is 11.6 Å². The molecule has 0 unspecified atom stereocenters. The minimum absolute atomic E-state index is 0.720. The van der Waals surface area contributed by atoms with Crippen molar-refractivity contribution in [2.24, 2.45) is 0 Å². The average molecular weight is 159 g/mol. The Bertz CT molecular complexity index is 195. The molecule has 1 aromatic rings. The minimum atomic E-state index is 0.720. The van der Waals surface area contributed by atoms with Crippen LogP contribution < -0.4 is 0 Å². The fourth-order valence-corrected chi connectivity index (χ4v) is 0.990. The van der Waals surface area contributed by atoms with E-state index in [0.717, 1.165) is 24.7 Å². The van der Waals surface area contributed by atoms with Gasteiger partial charge in [-0.05, 0) is 13.3 Å². The first kappa shape index (κ1) is 7.61. The number of hydrogen-bond donors (Lipinski definition) is 0. The summed E-state index contributed by atoms with van der Waals surface area (Å²) >= 11 is 5.54. The van der Waals surface area contributed by atoms with E-state index in [1.165, 1.54) is 0 Å². The summed E-state index contributed by atoms with van der Waals surface area (Å²) in [5, 5.41) is 0. The lowest BCUT2D eigenvalue weighted by molar-refractivity contribution is 0.660. The standard InChI is InChI=1S/C7H11ClN2/c1-7-9-4-6-10(7)5-2-3-8/h4,6H,2-3,5H2,1H3. The van der Waals surface area contributed by atoms with Gasteiger partial charge in [0, 0.05) is 24.8 Å². The molecule has 56 valence electrons. The van der Waals surface area contributed by atoms with E-state index < -0.39 is 0 Å². The molecule has 1 heterocycles. The summed E-state index contributed by atoms with van der Waals surface area (Å²) in [6, 6.07) is 0. The van der Waals surface area contributed by atoms with Crippen LogP contribution in [0.4, 0.5) is 0 Å². The zero-order valence-electron chi connectivity index (χ0n) is 6.05. The second kappa shape index (κ2) is 3.62. The SMILES string of the molecule is Cc1nccn1CCCCl. The molecule has 10 heavy (non-hydrogen) atoms. The van der Waals surface area contributed by atoms with Crippen LogP contribution in [-0.4, -0.2) is 15.4 Å². The molecule has 0 aromatic carbocycles. The Morgan fingerprint density at radius 2 is 2.50 bits per heavy atom. The number of nitrogens with zero attached hydrogens (tertiary/aromatic N) is 2. The maximum absolute atomic E-state index is 5.54. The van der Waals surface area contributed by atoms with Crippen molar-refractivity contribution in [2.75, 3.05) is 5.88 Å². The normalized spacial score (nSPS) is 10.2. The van der Waals surface area contributed by atoms with Gasteiger partial charge in [-0.25, -0.2) is 4.98 Å². The Balaban J connectivity index is 2.49. The van der Waals surface area contributed by atoms with E-state index in [4.69, 9.17) is 11.6 Å². The molecule has 0 spiro atoms. The number of imidazole rings is 1. The third-order valence-electron chi connectivity index (χ3n) is 1.46. The molecule has 0 fully saturated rings.